The van der Waals surface area contributed by atoms with Gasteiger partial charge in [-0.3, -0.25) is 0 Å². The first-order chi connectivity index (χ1) is 8.60. The molecule has 0 atom stereocenters. The second-order valence-electron chi connectivity index (χ2n) is 5.76. The van der Waals surface area contributed by atoms with Crippen LogP contribution >= 0.6 is 11.6 Å². The monoisotopic (exact) mass is 265 g/mol. The molecule has 4 rings (SSSR count). The van der Waals surface area contributed by atoms with Gasteiger partial charge in [-0.05, 0) is 37.3 Å². The SMILES string of the molecule is NC1(c2cc3c(cc2Cl)OC2(CCC2)O3)CCC1. The van der Waals surface area contributed by atoms with Gasteiger partial charge in [0.05, 0.1) is 0 Å². The first-order valence-electron chi connectivity index (χ1n) is 6.61. The summed E-state index contributed by atoms with van der Waals surface area (Å²) in [7, 11) is 0. The highest BCUT2D eigenvalue weighted by Gasteiger charge is 2.48. The van der Waals surface area contributed by atoms with E-state index in [9.17, 15) is 0 Å². The molecular weight excluding hydrogens is 250 g/mol. The lowest BCUT2D eigenvalue weighted by Crippen LogP contribution is -2.45. The fourth-order valence-electron chi connectivity index (χ4n) is 2.99. The van der Waals surface area contributed by atoms with Crippen molar-refractivity contribution in [3.63, 3.8) is 0 Å². The zero-order valence-electron chi connectivity index (χ0n) is 10.2. The van der Waals surface area contributed by atoms with E-state index in [-0.39, 0.29) is 5.54 Å². The number of hydrogen-bond donors (Lipinski definition) is 1. The number of nitrogens with two attached hydrogens (primary N) is 1. The van der Waals surface area contributed by atoms with Crippen LogP contribution in [0.4, 0.5) is 0 Å². The molecule has 0 amide bonds. The third kappa shape index (κ3) is 1.35. The van der Waals surface area contributed by atoms with Gasteiger partial charge in [-0.25, -0.2) is 0 Å². The normalized spacial score (nSPS) is 25.7. The van der Waals surface area contributed by atoms with Gasteiger partial charge in [-0.15, -0.1) is 0 Å². The fourth-order valence-corrected chi connectivity index (χ4v) is 3.34. The molecule has 2 aliphatic carbocycles. The number of halogens is 1. The second-order valence-corrected chi connectivity index (χ2v) is 6.16. The van der Waals surface area contributed by atoms with Crippen molar-refractivity contribution in [1.29, 1.82) is 0 Å². The van der Waals surface area contributed by atoms with Crippen molar-refractivity contribution in [1.82, 2.24) is 0 Å². The Morgan fingerprint density at radius 1 is 1.00 bits per heavy atom. The average Bonchev–Trinajstić information content (AvgIpc) is 2.63. The Labute approximate surface area is 111 Å². The molecule has 0 bridgehead atoms. The van der Waals surface area contributed by atoms with Crippen molar-refractivity contribution in [3.05, 3.63) is 22.7 Å². The van der Waals surface area contributed by atoms with E-state index in [0.717, 1.165) is 49.2 Å². The quantitative estimate of drug-likeness (QED) is 0.847. The maximum Gasteiger partial charge on any atom is 0.251 e. The van der Waals surface area contributed by atoms with E-state index in [1.807, 2.05) is 12.1 Å². The summed E-state index contributed by atoms with van der Waals surface area (Å²) in [5.74, 6) is 1.18. The minimum absolute atomic E-state index is 0.259. The van der Waals surface area contributed by atoms with Crippen LogP contribution in [0.5, 0.6) is 11.5 Å². The number of ether oxygens (including phenoxy) is 2. The Hall–Kier alpha value is -0.930. The van der Waals surface area contributed by atoms with Gasteiger partial charge in [0, 0.05) is 29.5 Å². The summed E-state index contributed by atoms with van der Waals surface area (Å²) in [4.78, 5) is 0. The van der Waals surface area contributed by atoms with Gasteiger partial charge < -0.3 is 15.2 Å². The summed E-state index contributed by atoms with van der Waals surface area (Å²) in [6.45, 7) is 0. The third-order valence-electron chi connectivity index (χ3n) is 4.52. The first-order valence-corrected chi connectivity index (χ1v) is 6.99. The standard InChI is InChI=1S/C14H16ClNO2/c15-10-8-12-11(17-14(18-12)5-2-6-14)7-9(10)13(16)3-1-4-13/h7-8H,1-6,16H2. The van der Waals surface area contributed by atoms with Gasteiger partial charge in [0.15, 0.2) is 11.5 Å². The molecule has 2 N–H and O–H groups in total. The Morgan fingerprint density at radius 2 is 1.61 bits per heavy atom. The maximum atomic E-state index is 6.35. The largest absolute Gasteiger partial charge is 0.448 e. The van der Waals surface area contributed by atoms with Crippen molar-refractivity contribution in [2.45, 2.75) is 49.9 Å². The molecular formula is C14H16ClNO2. The summed E-state index contributed by atoms with van der Waals surface area (Å²) >= 11 is 6.34. The van der Waals surface area contributed by atoms with E-state index in [0.29, 0.717) is 5.02 Å². The number of hydrogen-bond acceptors (Lipinski definition) is 3. The molecule has 1 aromatic rings. The Bertz CT molecular complexity index is 521. The molecule has 4 heteroatoms. The molecule has 0 aromatic heterocycles. The summed E-state index contributed by atoms with van der Waals surface area (Å²) < 4.78 is 11.8. The molecule has 18 heavy (non-hydrogen) atoms. The molecule has 96 valence electrons. The molecule has 0 unspecified atom stereocenters. The Kier molecular flexibility index (Phi) is 2.03. The number of benzene rings is 1. The predicted molar refractivity (Wildman–Crippen MR) is 69.0 cm³/mol. The van der Waals surface area contributed by atoms with Gasteiger partial charge in [-0.2, -0.15) is 0 Å². The third-order valence-corrected chi connectivity index (χ3v) is 4.84. The van der Waals surface area contributed by atoms with Crippen molar-refractivity contribution in [3.8, 4) is 11.5 Å². The van der Waals surface area contributed by atoms with Crippen LogP contribution in [0, 0.1) is 0 Å². The van der Waals surface area contributed by atoms with E-state index in [1.165, 1.54) is 6.42 Å². The van der Waals surface area contributed by atoms with Crippen LogP contribution < -0.4 is 15.2 Å². The highest BCUT2D eigenvalue weighted by Crippen LogP contribution is 2.52. The van der Waals surface area contributed by atoms with Crippen LogP contribution in [0.1, 0.15) is 44.1 Å². The van der Waals surface area contributed by atoms with Crippen molar-refractivity contribution >= 4 is 11.6 Å². The van der Waals surface area contributed by atoms with E-state index in [1.54, 1.807) is 0 Å². The lowest BCUT2D eigenvalue weighted by Gasteiger charge is -2.39. The van der Waals surface area contributed by atoms with Crippen LogP contribution in [0.15, 0.2) is 12.1 Å². The number of rotatable bonds is 1. The minimum Gasteiger partial charge on any atom is -0.448 e. The summed E-state index contributed by atoms with van der Waals surface area (Å²) in [6, 6.07) is 3.86. The van der Waals surface area contributed by atoms with Crippen molar-refractivity contribution in [2.75, 3.05) is 0 Å². The van der Waals surface area contributed by atoms with Crippen LogP contribution in [0.3, 0.4) is 0 Å². The van der Waals surface area contributed by atoms with Gasteiger partial charge in [0.2, 0.25) is 0 Å². The van der Waals surface area contributed by atoms with E-state index >= 15 is 0 Å². The van der Waals surface area contributed by atoms with Gasteiger partial charge in [0.1, 0.15) is 0 Å². The van der Waals surface area contributed by atoms with E-state index < -0.39 is 5.79 Å². The lowest BCUT2D eigenvalue weighted by atomic mass is 9.72. The smallest absolute Gasteiger partial charge is 0.251 e. The molecule has 1 aliphatic heterocycles. The van der Waals surface area contributed by atoms with E-state index in [2.05, 4.69) is 0 Å². The molecule has 1 heterocycles. The summed E-state index contributed by atoms with van der Waals surface area (Å²) in [5.41, 5.74) is 7.10. The average molecular weight is 266 g/mol. The Balaban J connectivity index is 1.74. The topological polar surface area (TPSA) is 44.5 Å². The Morgan fingerprint density at radius 3 is 2.11 bits per heavy atom. The highest BCUT2D eigenvalue weighted by atomic mass is 35.5. The van der Waals surface area contributed by atoms with Crippen molar-refractivity contribution < 1.29 is 9.47 Å². The first kappa shape index (κ1) is 10.9. The lowest BCUT2D eigenvalue weighted by molar-refractivity contribution is -0.138. The maximum absolute atomic E-state index is 6.35. The van der Waals surface area contributed by atoms with Gasteiger partial charge >= 0.3 is 0 Å². The molecule has 0 radical (unpaired) electrons. The second kappa shape index (κ2) is 3.34. The minimum atomic E-state index is -0.397. The van der Waals surface area contributed by atoms with E-state index in [4.69, 9.17) is 26.8 Å². The molecule has 1 spiro atoms. The van der Waals surface area contributed by atoms with Crippen LogP contribution in [0.2, 0.25) is 5.02 Å². The highest BCUT2D eigenvalue weighted by molar-refractivity contribution is 6.31. The molecule has 3 nitrogen and oxygen atoms in total. The van der Waals surface area contributed by atoms with Crippen molar-refractivity contribution in [2.24, 2.45) is 5.73 Å². The predicted octanol–water partition coefficient (Wildman–Crippen LogP) is 3.33. The van der Waals surface area contributed by atoms with Gasteiger partial charge in [-0.1, -0.05) is 11.6 Å². The number of fused-ring (bicyclic) bond motifs is 1. The summed E-state index contributed by atoms with van der Waals surface area (Å²) in [5, 5.41) is 0.705. The zero-order chi connectivity index (χ0) is 12.4. The molecule has 2 fully saturated rings. The zero-order valence-corrected chi connectivity index (χ0v) is 10.9. The summed E-state index contributed by atoms with van der Waals surface area (Å²) in [6.07, 6.45) is 6.25. The van der Waals surface area contributed by atoms with Gasteiger partial charge in [0.25, 0.3) is 5.79 Å². The molecule has 1 aromatic carbocycles. The van der Waals surface area contributed by atoms with Crippen LogP contribution in [-0.2, 0) is 5.54 Å². The van der Waals surface area contributed by atoms with Crippen LogP contribution in [0.25, 0.3) is 0 Å². The van der Waals surface area contributed by atoms with Crippen LogP contribution in [-0.4, -0.2) is 5.79 Å². The molecule has 2 saturated carbocycles. The molecule has 0 saturated heterocycles. The fraction of sp³-hybridized carbons (Fsp3) is 0.571. The molecule has 3 aliphatic rings.